The second-order valence-electron chi connectivity index (χ2n) is 8.53. The van der Waals surface area contributed by atoms with Crippen molar-refractivity contribution in [1.29, 1.82) is 0 Å². The van der Waals surface area contributed by atoms with Crippen molar-refractivity contribution in [2.24, 2.45) is 0 Å². The summed E-state index contributed by atoms with van der Waals surface area (Å²) in [6, 6.07) is 9.65. The van der Waals surface area contributed by atoms with Crippen LogP contribution in [-0.4, -0.2) is 66.7 Å². The van der Waals surface area contributed by atoms with Gasteiger partial charge in [-0.3, -0.25) is 4.90 Å². The molecule has 3 aromatic heterocycles. The molecular weight excluding hydrogens is 444 g/mol. The van der Waals surface area contributed by atoms with Crippen LogP contribution in [0, 0.1) is 6.92 Å². The minimum absolute atomic E-state index is 0.00859. The van der Waals surface area contributed by atoms with E-state index in [0.29, 0.717) is 55.3 Å². The molecule has 0 N–H and O–H groups in total. The summed E-state index contributed by atoms with van der Waals surface area (Å²) in [6.45, 7) is 5.81. The molecule has 35 heavy (non-hydrogen) atoms. The van der Waals surface area contributed by atoms with E-state index < -0.39 is 0 Å². The van der Waals surface area contributed by atoms with Gasteiger partial charge in [0.1, 0.15) is 24.1 Å². The Morgan fingerprint density at radius 3 is 2.49 bits per heavy atom. The molecule has 1 saturated heterocycles. The van der Waals surface area contributed by atoms with Crippen LogP contribution in [0.3, 0.4) is 0 Å². The molecule has 2 amide bonds. The number of likely N-dealkylation sites (tertiary alicyclic amines) is 1. The molecule has 0 bridgehead atoms. The Morgan fingerprint density at radius 2 is 1.80 bits per heavy atom. The minimum atomic E-state index is -0.0582. The smallest absolute Gasteiger partial charge is 0.324 e. The lowest BCUT2D eigenvalue weighted by atomic mass is 10.1. The van der Waals surface area contributed by atoms with Crippen molar-refractivity contribution in [2.45, 2.75) is 39.3 Å². The van der Waals surface area contributed by atoms with Crippen molar-refractivity contribution in [3.63, 3.8) is 0 Å². The predicted octanol–water partition coefficient (Wildman–Crippen LogP) is 3.71. The van der Waals surface area contributed by atoms with Gasteiger partial charge in [0, 0.05) is 57.6 Å². The second kappa shape index (κ2) is 9.65. The number of hydrogen-bond donors (Lipinski definition) is 0. The highest BCUT2D eigenvalue weighted by molar-refractivity contribution is 5.91. The molecule has 0 aliphatic carbocycles. The van der Waals surface area contributed by atoms with Gasteiger partial charge in [0.25, 0.3) is 0 Å². The molecule has 0 spiro atoms. The average Bonchev–Trinajstić information content (AvgIpc) is 3.29. The molecule has 1 aliphatic heterocycles. The first-order chi connectivity index (χ1) is 17.0. The largest absolute Gasteiger partial charge is 0.473 e. The van der Waals surface area contributed by atoms with E-state index in [4.69, 9.17) is 9.72 Å². The number of urea groups is 1. The van der Waals surface area contributed by atoms with Crippen molar-refractivity contribution in [2.75, 3.05) is 25.0 Å². The normalized spacial score (nSPS) is 14.3. The molecule has 0 atom stereocenters. The Hall–Kier alpha value is -4.08. The second-order valence-corrected chi connectivity index (χ2v) is 8.53. The summed E-state index contributed by atoms with van der Waals surface area (Å²) >= 11 is 0. The molecule has 4 aromatic rings. The number of nitrogens with zero attached hydrogens (tertiary/aromatic N) is 8. The van der Waals surface area contributed by atoms with E-state index in [9.17, 15) is 4.79 Å². The lowest BCUT2D eigenvalue weighted by molar-refractivity contribution is 0.111. The van der Waals surface area contributed by atoms with Gasteiger partial charge in [-0.1, -0.05) is 18.2 Å². The van der Waals surface area contributed by atoms with Crippen molar-refractivity contribution in [1.82, 2.24) is 34.4 Å². The van der Waals surface area contributed by atoms with E-state index >= 15 is 0 Å². The van der Waals surface area contributed by atoms with Crippen LogP contribution >= 0.6 is 0 Å². The maximum absolute atomic E-state index is 12.9. The third-order valence-corrected chi connectivity index (χ3v) is 6.28. The van der Waals surface area contributed by atoms with E-state index in [-0.39, 0.29) is 12.1 Å². The van der Waals surface area contributed by atoms with E-state index in [0.717, 1.165) is 17.1 Å². The van der Waals surface area contributed by atoms with Crippen LogP contribution in [0.25, 0.3) is 22.6 Å². The lowest BCUT2D eigenvalue weighted by Gasteiger charge is -2.34. The first-order valence-corrected chi connectivity index (χ1v) is 11.8. The Labute approximate surface area is 203 Å². The first kappa shape index (κ1) is 22.7. The lowest BCUT2D eigenvalue weighted by Crippen LogP contribution is -2.47. The maximum Gasteiger partial charge on any atom is 0.324 e. The summed E-state index contributed by atoms with van der Waals surface area (Å²) < 4.78 is 8.31. The molecule has 10 nitrogen and oxygen atoms in total. The van der Waals surface area contributed by atoms with Gasteiger partial charge in [-0.2, -0.15) is 4.98 Å². The SMILES string of the molecule is CCn1c(-c2cnc(C)nc2)nc2c(OC3CCN(C(=O)N(C)c4ccccc4)CC3)ncnc21. The molecule has 5 rings (SSSR count). The third kappa shape index (κ3) is 4.51. The summed E-state index contributed by atoms with van der Waals surface area (Å²) in [4.78, 5) is 38.8. The van der Waals surface area contributed by atoms with Crippen molar-refractivity contribution < 1.29 is 9.53 Å². The van der Waals surface area contributed by atoms with Crippen LogP contribution < -0.4 is 9.64 Å². The molecular formula is C25H28N8O2. The number of para-hydroxylation sites is 1. The van der Waals surface area contributed by atoms with Crippen molar-refractivity contribution in [3.05, 3.63) is 54.9 Å². The zero-order valence-electron chi connectivity index (χ0n) is 20.1. The Bertz CT molecular complexity index is 1310. The highest BCUT2D eigenvalue weighted by Crippen LogP contribution is 2.29. The maximum atomic E-state index is 12.9. The minimum Gasteiger partial charge on any atom is -0.473 e. The van der Waals surface area contributed by atoms with E-state index in [2.05, 4.69) is 19.9 Å². The van der Waals surface area contributed by atoms with Gasteiger partial charge >= 0.3 is 6.03 Å². The average molecular weight is 473 g/mol. The zero-order valence-corrected chi connectivity index (χ0v) is 20.1. The highest BCUT2D eigenvalue weighted by atomic mass is 16.5. The van der Waals surface area contributed by atoms with E-state index in [1.165, 1.54) is 6.33 Å². The number of carbonyl (C=O) groups excluding carboxylic acids is 1. The van der Waals surface area contributed by atoms with Crippen LogP contribution in [0.1, 0.15) is 25.6 Å². The fraction of sp³-hybridized carbons (Fsp3) is 0.360. The van der Waals surface area contributed by atoms with Gasteiger partial charge in [0.2, 0.25) is 5.88 Å². The number of hydrogen-bond acceptors (Lipinski definition) is 7. The van der Waals surface area contributed by atoms with Crippen molar-refractivity contribution in [3.8, 4) is 17.3 Å². The fourth-order valence-electron chi connectivity index (χ4n) is 4.33. The van der Waals surface area contributed by atoms with Crippen LogP contribution in [0.2, 0.25) is 0 Å². The molecule has 1 aliphatic rings. The predicted molar refractivity (Wildman–Crippen MR) is 132 cm³/mol. The number of rotatable bonds is 5. The summed E-state index contributed by atoms with van der Waals surface area (Å²) in [6.07, 6.45) is 6.41. The summed E-state index contributed by atoms with van der Waals surface area (Å²) in [5, 5.41) is 0. The molecule has 0 saturated carbocycles. The van der Waals surface area contributed by atoms with E-state index in [1.807, 2.05) is 53.6 Å². The molecule has 10 heteroatoms. The topological polar surface area (TPSA) is 102 Å². The van der Waals surface area contributed by atoms with E-state index in [1.54, 1.807) is 24.3 Å². The Balaban J connectivity index is 1.31. The highest BCUT2D eigenvalue weighted by Gasteiger charge is 2.28. The third-order valence-electron chi connectivity index (χ3n) is 6.28. The summed E-state index contributed by atoms with van der Waals surface area (Å²) in [7, 11) is 1.80. The van der Waals surface area contributed by atoms with Gasteiger partial charge in [0.15, 0.2) is 11.2 Å². The fourth-order valence-corrected chi connectivity index (χ4v) is 4.33. The van der Waals surface area contributed by atoms with Gasteiger partial charge < -0.3 is 14.2 Å². The number of piperidine rings is 1. The Kier molecular flexibility index (Phi) is 6.26. The summed E-state index contributed by atoms with van der Waals surface area (Å²) in [5.74, 6) is 1.90. The number of imidazole rings is 1. The van der Waals surface area contributed by atoms with Gasteiger partial charge in [-0.05, 0) is 26.0 Å². The molecule has 0 radical (unpaired) electrons. The monoisotopic (exact) mass is 472 g/mol. The first-order valence-electron chi connectivity index (χ1n) is 11.8. The number of aryl methyl sites for hydroxylation is 2. The summed E-state index contributed by atoms with van der Waals surface area (Å²) in [5.41, 5.74) is 3.02. The number of amides is 2. The van der Waals surface area contributed by atoms with Gasteiger partial charge in [-0.15, -0.1) is 0 Å². The number of anilines is 1. The van der Waals surface area contributed by atoms with Crippen LogP contribution in [0.15, 0.2) is 49.1 Å². The quantitative estimate of drug-likeness (QED) is 0.436. The molecule has 0 unspecified atom stereocenters. The molecule has 1 fully saturated rings. The number of carbonyl (C=O) groups is 1. The van der Waals surface area contributed by atoms with Crippen LogP contribution in [0.5, 0.6) is 5.88 Å². The zero-order chi connectivity index (χ0) is 24.4. The van der Waals surface area contributed by atoms with Gasteiger partial charge in [0.05, 0.1) is 5.56 Å². The number of fused-ring (bicyclic) bond motifs is 1. The number of aromatic nitrogens is 6. The Morgan fingerprint density at radius 1 is 1.09 bits per heavy atom. The van der Waals surface area contributed by atoms with Gasteiger partial charge in [-0.25, -0.2) is 24.7 Å². The standard InChI is InChI=1S/C25H28N8O2/c1-4-33-22(18-14-26-17(2)27-15-18)30-21-23(33)28-16-29-24(21)35-20-10-12-32(13-11-20)25(34)31(3)19-8-6-5-7-9-19/h5-9,14-16,20H,4,10-13H2,1-3H3. The van der Waals surface area contributed by atoms with Crippen molar-refractivity contribution >= 4 is 22.9 Å². The van der Waals surface area contributed by atoms with Crippen LogP contribution in [-0.2, 0) is 6.54 Å². The molecule has 1 aromatic carbocycles. The molecule has 4 heterocycles. The number of ether oxygens (including phenoxy) is 1. The van der Waals surface area contributed by atoms with Crippen LogP contribution in [0.4, 0.5) is 10.5 Å². The number of benzene rings is 1. The molecule has 180 valence electrons.